The van der Waals surface area contributed by atoms with Gasteiger partial charge in [-0.2, -0.15) is 0 Å². The summed E-state index contributed by atoms with van der Waals surface area (Å²) in [5.74, 6) is 0.864. The topological polar surface area (TPSA) is 41.5 Å². The summed E-state index contributed by atoms with van der Waals surface area (Å²) < 4.78 is 5.98. The molecule has 0 saturated carbocycles. The number of halogens is 1. The quantitative estimate of drug-likeness (QED) is 0.623. The van der Waals surface area contributed by atoms with Gasteiger partial charge < -0.3 is 15.2 Å². The molecule has 0 radical (unpaired) electrons. The van der Waals surface area contributed by atoms with Crippen molar-refractivity contribution in [2.45, 2.75) is 39.3 Å². The van der Waals surface area contributed by atoms with Gasteiger partial charge in [0.1, 0.15) is 12.4 Å². The van der Waals surface area contributed by atoms with Crippen molar-refractivity contribution in [1.82, 2.24) is 5.32 Å². The first-order chi connectivity index (χ1) is 11.7. The summed E-state index contributed by atoms with van der Waals surface area (Å²) in [4.78, 5) is 0. The van der Waals surface area contributed by atoms with Crippen molar-refractivity contribution in [3.8, 4) is 5.75 Å². The molecule has 24 heavy (non-hydrogen) atoms. The molecule has 0 saturated heterocycles. The highest BCUT2D eigenvalue weighted by atomic mass is 35.5. The molecule has 3 nitrogen and oxygen atoms in total. The fourth-order valence-electron chi connectivity index (χ4n) is 2.43. The molecule has 4 heteroatoms. The lowest BCUT2D eigenvalue weighted by atomic mass is 10.1. The van der Waals surface area contributed by atoms with E-state index in [9.17, 15) is 0 Å². The van der Waals surface area contributed by atoms with Gasteiger partial charge in [-0.3, -0.25) is 0 Å². The zero-order valence-corrected chi connectivity index (χ0v) is 15.0. The molecule has 0 aliphatic rings. The van der Waals surface area contributed by atoms with E-state index in [1.54, 1.807) is 0 Å². The molecule has 0 amide bonds. The first-order valence-corrected chi connectivity index (χ1v) is 8.85. The van der Waals surface area contributed by atoms with E-state index in [0.717, 1.165) is 54.3 Å². The van der Waals surface area contributed by atoms with Crippen molar-refractivity contribution in [1.29, 1.82) is 0 Å². The third kappa shape index (κ3) is 6.52. The number of hydrogen-bond donors (Lipinski definition) is 2. The molecule has 2 aromatic rings. The second kappa shape index (κ2) is 10.3. The van der Waals surface area contributed by atoms with Crippen LogP contribution in [0.2, 0.25) is 5.02 Å². The Hall–Kier alpha value is -1.55. The van der Waals surface area contributed by atoms with Crippen LogP contribution >= 0.6 is 11.6 Å². The molecule has 0 atom stereocenters. The van der Waals surface area contributed by atoms with Crippen LogP contribution < -0.4 is 10.1 Å². The van der Waals surface area contributed by atoms with E-state index in [1.165, 1.54) is 5.56 Å². The third-order valence-corrected chi connectivity index (χ3v) is 4.10. The lowest BCUT2D eigenvalue weighted by Gasteiger charge is -2.13. The second-order valence-electron chi connectivity index (χ2n) is 5.99. The third-order valence-electron chi connectivity index (χ3n) is 3.86. The number of ether oxygens (including phenoxy) is 1. The van der Waals surface area contributed by atoms with Gasteiger partial charge in [0, 0.05) is 23.7 Å². The average molecular weight is 348 g/mol. The molecule has 0 spiro atoms. The summed E-state index contributed by atoms with van der Waals surface area (Å²) in [6.45, 7) is 4.54. The van der Waals surface area contributed by atoms with E-state index < -0.39 is 0 Å². The zero-order valence-electron chi connectivity index (χ0n) is 14.2. The van der Waals surface area contributed by atoms with Gasteiger partial charge in [-0.15, -0.1) is 0 Å². The van der Waals surface area contributed by atoms with Crippen LogP contribution in [0.5, 0.6) is 5.75 Å². The Morgan fingerprint density at radius 1 is 1.04 bits per heavy atom. The molecule has 0 fully saturated rings. The van der Waals surface area contributed by atoms with Crippen LogP contribution in [0.1, 0.15) is 36.0 Å². The maximum absolute atomic E-state index is 8.78. The molecular formula is C20H26ClNO2. The maximum atomic E-state index is 8.78. The Morgan fingerprint density at radius 2 is 1.83 bits per heavy atom. The van der Waals surface area contributed by atoms with E-state index in [0.29, 0.717) is 6.61 Å². The van der Waals surface area contributed by atoms with Gasteiger partial charge in [0.25, 0.3) is 0 Å². The molecule has 0 aromatic heterocycles. The summed E-state index contributed by atoms with van der Waals surface area (Å²) in [7, 11) is 0. The highest BCUT2D eigenvalue weighted by Crippen LogP contribution is 2.24. The standard InChI is InChI=1S/C20H26ClNO2/c1-16-5-7-17(8-6-16)15-24-20-10-9-19(21)13-18(20)14-22-11-3-2-4-12-23/h5-10,13,22-23H,2-4,11-12,14-15H2,1H3. The van der Waals surface area contributed by atoms with Crippen LogP contribution in [0.25, 0.3) is 0 Å². The predicted octanol–water partition coefficient (Wildman–Crippen LogP) is 4.48. The van der Waals surface area contributed by atoms with Crippen molar-refractivity contribution in [3.05, 3.63) is 64.2 Å². The van der Waals surface area contributed by atoms with Gasteiger partial charge in [-0.05, 0) is 56.5 Å². The number of hydrogen-bond acceptors (Lipinski definition) is 3. The first-order valence-electron chi connectivity index (χ1n) is 8.47. The van der Waals surface area contributed by atoms with Crippen LogP contribution in [0, 0.1) is 6.92 Å². The van der Waals surface area contributed by atoms with Crippen molar-refractivity contribution < 1.29 is 9.84 Å². The van der Waals surface area contributed by atoms with Gasteiger partial charge in [0.05, 0.1) is 0 Å². The molecule has 2 rings (SSSR count). The Morgan fingerprint density at radius 3 is 2.58 bits per heavy atom. The minimum atomic E-state index is 0.269. The molecule has 130 valence electrons. The highest BCUT2D eigenvalue weighted by molar-refractivity contribution is 6.30. The number of aliphatic hydroxyl groups excluding tert-OH is 1. The molecule has 2 N–H and O–H groups in total. The van der Waals surface area contributed by atoms with Crippen LogP contribution in [0.4, 0.5) is 0 Å². The molecule has 0 bridgehead atoms. The van der Waals surface area contributed by atoms with Crippen LogP contribution in [-0.2, 0) is 13.2 Å². The molecule has 2 aromatic carbocycles. The van der Waals surface area contributed by atoms with E-state index in [-0.39, 0.29) is 6.61 Å². The zero-order chi connectivity index (χ0) is 17.2. The largest absolute Gasteiger partial charge is 0.489 e. The number of benzene rings is 2. The number of aryl methyl sites for hydroxylation is 1. The Labute approximate surface area is 149 Å². The number of unbranched alkanes of at least 4 members (excludes halogenated alkanes) is 2. The van der Waals surface area contributed by atoms with E-state index >= 15 is 0 Å². The summed E-state index contributed by atoms with van der Waals surface area (Å²) >= 11 is 6.12. The molecule has 0 aliphatic heterocycles. The lowest BCUT2D eigenvalue weighted by Crippen LogP contribution is -2.15. The molecule has 0 unspecified atom stereocenters. The predicted molar refractivity (Wildman–Crippen MR) is 99.6 cm³/mol. The molecule has 0 heterocycles. The lowest BCUT2D eigenvalue weighted by molar-refractivity contribution is 0.282. The maximum Gasteiger partial charge on any atom is 0.124 e. The number of nitrogens with one attached hydrogen (secondary N) is 1. The minimum Gasteiger partial charge on any atom is -0.489 e. The van der Waals surface area contributed by atoms with E-state index in [1.807, 2.05) is 18.2 Å². The van der Waals surface area contributed by atoms with E-state index in [2.05, 4.69) is 36.5 Å². The summed E-state index contributed by atoms with van der Waals surface area (Å²) in [5, 5.41) is 12.9. The molecular weight excluding hydrogens is 322 g/mol. The fraction of sp³-hybridized carbons (Fsp3) is 0.400. The van der Waals surface area contributed by atoms with Gasteiger partial charge in [0.2, 0.25) is 0 Å². The van der Waals surface area contributed by atoms with Gasteiger partial charge >= 0.3 is 0 Å². The van der Waals surface area contributed by atoms with Crippen molar-refractivity contribution in [2.24, 2.45) is 0 Å². The first kappa shape index (κ1) is 18.8. The van der Waals surface area contributed by atoms with Crippen LogP contribution in [0.15, 0.2) is 42.5 Å². The Bertz CT molecular complexity index is 614. The number of rotatable bonds is 10. The monoisotopic (exact) mass is 347 g/mol. The summed E-state index contributed by atoms with van der Waals surface area (Å²) in [6.07, 6.45) is 2.96. The minimum absolute atomic E-state index is 0.269. The Kier molecular flexibility index (Phi) is 8.10. The average Bonchev–Trinajstić information content (AvgIpc) is 2.58. The SMILES string of the molecule is Cc1ccc(COc2ccc(Cl)cc2CNCCCCCO)cc1. The number of aliphatic hydroxyl groups is 1. The van der Waals surface area contributed by atoms with Crippen molar-refractivity contribution in [3.63, 3.8) is 0 Å². The van der Waals surface area contributed by atoms with Gasteiger partial charge in [-0.1, -0.05) is 41.4 Å². The second-order valence-corrected chi connectivity index (χ2v) is 6.42. The fourth-order valence-corrected chi connectivity index (χ4v) is 2.63. The summed E-state index contributed by atoms with van der Waals surface area (Å²) in [5.41, 5.74) is 3.46. The van der Waals surface area contributed by atoms with Crippen LogP contribution in [-0.4, -0.2) is 18.3 Å². The molecule has 0 aliphatic carbocycles. The van der Waals surface area contributed by atoms with Crippen molar-refractivity contribution >= 4 is 11.6 Å². The van der Waals surface area contributed by atoms with Gasteiger partial charge in [0.15, 0.2) is 0 Å². The van der Waals surface area contributed by atoms with Gasteiger partial charge in [-0.25, -0.2) is 0 Å². The van der Waals surface area contributed by atoms with E-state index in [4.69, 9.17) is 21.4 Å². The van der Waals surface area contributed by atoms with Crippen LogP contribution in [0.3, 0.4) is 0 Å². The normalized spacial score (nSPS) is 10.8. The summed E-state index contributed by atoms with van der Waals surface area (Å²) in [6, 6.07) is 14.1. The smallest absolute Gasteiger partial charge is 0.124 e. The Balaban J connectivity index is 1.88. The van der Waals surface area contributed by atoms with Crippen molar-refractivity contribution in [2.75, 3.05) is 13.2 Å². The highest BCUT2D eigenvalue weighted by Gasteiger charge is 2.05.